The molecule has 1 aromatic carbocycles. The van der Waals surface area contributed by atoms with Crippen LogP contribution in [-0.4, -0.2) is 17.4 Å². The standard InChI is InChI=1S/C10H10O3/c1-6-3-8(10(12)13)4-9(5-11)7(6)2/h3-5H,1-2H3,(H,12,13). The van der Waals surface area contributed by atoms with Crippen LogP contribution in [0.15, 0.2) is 12.1 Å². The molecule has 0 spiro atoms. The van der Waals surface area contributed by atoms with Crippen LogP contribution in [0.25, 0.3) is 0 Å². The predicted octanol–water partition coefficient (Wildman–Crippen LogP) is 1.81. The summed E-state index contributed by atoms with van der Waals surface area (Å²) in [7, 11) is 0. The van der Waals surface area contributed by atoms with Gasteiger partial charge in [-0.2, -0.15) is 0 Å². The van der Waals surface area contributed by atoms with E-state index in [4.69, 9.17) is 5.11 Å². The normalized spacial score (nSPS) is 9.69. The summed E-state index contributed by atoms with van der Waals surface area (Å²) in [4.78, 5) is 21.2. The van der Waals surface area contributed by atoms with Gasteiger partial charge in [0.05, 0.1) is 5.56 Å². The van der Waals surface area contributed by atoms with Crippen molar-refractivity contribution in [1.82, 2.24) is 0 Å². The molecule has 1 N–H and O–H groups in total. The van der Waals surface area contributed by atoms with Gasteiger partial charge in [0.25, 0.3) is 0 Å². The molecule has 13 heavy (non-hydrogen) atoms. The molecule has 0 amide bonds. The predicted molar refractivity (Wildman–Crippen MR) is 48.3 cm³/mol. The minimum absolute atomic E-state index is 0.158. The van der Waals surface area contributed by atoms with Crippen molar-refractivity contribution in [3.05, 3.63) is 34.4 Å². The first-order valence-corrected chi connectivity index (χ1v) is 3.86. The number of aromatic carboxylic acids is 1. The van der Waals surface area contributed by atoms with Gasteiger partial charge in [-0.25, -0.2) is 4.79 Å². The number of carbonyl (C=O) groups excluding carboxylic acids is 1. The Morgan fingerprint density at radius 1 is 1.38 bits per heavy atom. The van der Waals surface area contributed by atoms with Gasteiger partial charge in [-0.3, -0.25) is 4.79 Å². The summed E-state index contributed by atoms with van der Waals surface area (Å²) >= 11 is 0. The maximum atomic E-state index is 10.6. The molecule has 0 radical (unpaired) electrons. The molecule has 68 valence electrons. The van der Waals surface area contributed by atoms with E-state index in [-0.39, 0.29) is 5.56 Å². The lowest BCUT2D eigenvalue weighted by atomic mass is 10.0. The van der Waals surface area contributed by atoms with E-state index in [0.29, 0.717) is 11.8 Å². The molecule has 0 saturated carbocycles. The second-order valence-electron chi connectivity index (χ2n) is 2.93. The average molecular weight is 178 g/mol. The van der Waals surface area contributed by atoms with E-state index in [1.807, 2.05) is 0 Å². The number of benzene rings is 1. The highest BCUT2D eigenvalue weighted by Gasteiger charge is 2.08. The first kappa shape index (κ1) is 9.45. The summed E-state index contributed by atoms with van der Waals surface area (Å²) in [5.41, 5.74) is 2.25. The van der Waals surface area contributed by atoms with Crippen LogP contribution in [0.5, 0.6) is 0 Å². The minimum Gasteiger partial charge on any atom is -0.478 e. The number of aldehydes is 1. The van der Waals surface area contributed by atoms with Crippen molar-refractivity contribution in [2.45, 2.75) is 13.8 Å². The van der Waals surface area contributed by atoms with E-state index in [2.05, 4.69) is 0 Å². The third-order valence-corrected chi connectivity index (χ3v) is 2.08. The van der Waals surface area contributed by atoms with Gasteiger partial charge in [-0.1, -0.05) is 0 Å². The molecular formula is C10H10O3. The minimum atomic E-state index is -1.01. The van der Waals surface area contributed by atoms with E-state index >= 15 is 0 Å². The van der Waals surface area contributed by atoms with Crippen LogP contribution in [-0.2, 0) is 0 Å². The molecule has 0 fully saturated rings. The van der Waals surface area contributed by atoms with Crippen LogP contribution in [0.3, 0.4) is 0 Å². The Hall–Kier alpha value is -1.64. The monoisotopic (exact) mass is 178 g/mol. The van der Waals surface area contributed by atoms with Gasteiger partial charge < -0.3 is 5.11 Å². The zero-order chi connectivity index (χ0) is 10.0. The lowest BCUT2D eigenvalue weighted by molar-refractivity contribution is 0.0697. The van der Waals surface area contributed by atoms with Crippen molar-refractivity contribution in [2.24, 2.45) is 0 Å². The summed E-state index contributed by atoms with van der Waals surface area (Å²) in [5.74, 6) is -1.01. The number of carboxylic acid groups (broad SMARTS) is 1. The molecule has 0 aliphatic rings. The van der Waals surface area contributed by atoms with Crippen molar-refractivity contribution in [3.63, 3.8) is 0 Å². The number of hydrogen-bond acceptors (Lipinski definition) is 2. The molecule has 3 heteroatoms. The molecule has 0 aliphatic carbocycles. The molecule has 0 aliphatic heterocycles. The molecule has 1 aromatic rings. The molecule has 0 aromatic heterocycles. The summed E-state index contributed by atoms with van der Waals surface area (Å²) in [6.07, 6.45) is 0.675. The Bertz CT molecular complexity index is 367. The Morgan fingerprint density at radius 2 is 2.00 bits per heavy atom. The number of carboxylic acids is 1. The van der Waals surface area contributed by atoms with Crippen molar-refractivity contribution in [1.29, 1.82) is 0 Å². The highest BCUT2D eigenvalue weighted by molar-refractivity contribution is 5.91. The van der Waals surface area contributed by atoms with Crippen LogP contribution < -0.4 is 0 Å². The molecule has 3 nitrogen and oxygen atoms in total. The summed E-state index contributed by atoms with van der Waals surface area (Å²) in [6, 6.07) is 2.95. The fraction of sp³-hybridized carbons (Fsp3) is 0.200. The second-order valence-corrected chi connectivity index (χ2v) is 2.93. The number of hydrogen-bond donors (Lipinski definition) is 1. The quantitative estimate of drug-likeness (QED) is 0.702. The largest absolute Gasteiger partial charge is 0.478 e. The second kappa shape index (κ2) is 3.39. The Morgan fingerprint density at radius 3 is 2.46 bits per heavy atom. The average Bonchev–Trinajstić information content (AvgIpc) is 2.09. The van der Waals surface area contributed by atoms with E-state index < -0.39 is 5.97 Å². The highest BCUT2D eigenvalue weighted by atomic mass is 16.4. The molecule has 0 bridgehead atoms. The van der Waals surface area contributed by atoms with Crippen LogP contribution in [0.2, 0.25) is 0 Å². The van der Waals surface area contributed by atoms with E-state index in [1.54, 1.807) is 19.9 Å². The Labute approximate surface area is 76.0 Å². The van der Waals surface area contributed by atoms with Crippen molar-refractivity contribution >= 4 is 12.3 Å². The molecule has 0 saturated heterocycles. The van der Waals surface area contributed by atoms with Gasteiger partial charge in [0.2, 0.25) is 0 Å². The SMILES string of the molecule is Cc1cc(C(=O)O)cc(C=O)c1C. The Balaban J connectivity index is 3.38. The van der Waals surface area contributed by atoms with Crippen molar-refractivity contribution < 1.29 is 14.7 Å². The maximum absolute atomic E-state index is 10.6. The number of carbonyl (C=O) groups is 2. The molecule has 0 heterocycles. The van der Waals surface area contributed by atoms with Gasteiger partial charge >= 0.3 is 5.97 Å². The van der Waals surface area contributed by atoms with E-state index in [0.717, 1.165) is 11.1 Å². The first-order valence-electron chi connectivity index (χ1n) is 3.86. The fourth-order valence-corrected chi connectivity index (χ4v) is 1.13. The zero-order valence-corrected chi connectivity index (χ0v) is 7.50. The van der Waals surface area contributed by atoms with Gasteiger partial charge in [0.15, 0.2) is 0 Å². The summed E-state index contributed by atoms with van der Waals surface area (Å²) in [5, 5.41) is 8.70. The van der Waals surface area contributed by atoms with Gasteiger partial charge in [-0.05, 0) is 37.1 Å². The van der Waals surface area contributed by atoms with Crippen LogP contribution >= 0.6 is 0 Å². The van der Waals surface area contributed by atoms with Crippen LogP contribution in [0.1, 0.15) is 31.8 Å². The van der Waals surface area contributed by atoms with E-state index in [1.165, 1.54) is 6.07 Å². The molecule has 0 atom stereocenters. The topological polar surface area (TPSA) is 54.4 Å². The molecular weight excluding hydrogens is 168 g/mol. The van der Waals surface area contributed by atoms with Gasteiger partial charge in [-0.15, -0.1) is 0 Å². The smallest absolute Gasteiger partial charge is 0.335 e. The van der Waals surface area contributed by atoms with Gasteiger partial charge in [0, 0.05) is 5.56 Å². The lowest BCUT2D eigenvalue weighted by Crippen LogP contribution is -2.00. The van der Waals surface area contributed by atoms with Crippen LogP contribution in [0.4, 0.5) is 0 Å². The summed E-state index contributed by atoms with van der Waals surface area (Å²) in [6.45, 7) is 3.58. The zero-order valence-electron chi connectivity index (χ0n) is 7.50. The number of aryl methyl sites for hydroxylation is 1. The van der Waals surface area contributed by atoms with Crippen molar-refractivity contribution in [3.8, 4) is 0 Å². The molecule has 0 unspecified atom stereocenters. The fourth-order valence-electron chi connectivity index (χ4n) is 1.13. The third-order valence-electron chi connectivity index (χ3n) is 2.08. The summed E-state index contributed by atoms with van der Waals surface area (Å²) < 4.78 is 0. The van der Waals surface area contributed by atoms with E-state index in [9.17, 15) is 9.59 Å². The lowest BCUT2D eigenvalue weighted by Gasteiger charge is -2.04. The van der Waals surface area contributed by atoms with Crippen LogP contribution in [0, 0.1) is 13.8 Å². The first-order chi connectivity index (χ1) is 6.06. The maximum Gasteiger partial charge on any atom is 0.335 e. The highest BCUT2D eigenvalue weighted by Crippen LogP contribution is 2.14. The number of rotatable bonds is 2. The molecule has 1 rings (SSSR count). The third kappa shape index (κ3) is 1.75. The van der Waals surface area contributed by atoms with Crippen molar-refractivity contribution in [2.75, 3.05) is 0 Å². The van der Waals surface area contributed by atoms with Gasteiger partial charge in [0.1, 0.15) is 6.29 Å². The Kier molecular flexibility index (Phi) is 2.46.